The van der Waals surface area contributed by atoms with E-state index in [0.717, 1.165) is 5.56 Å². The zero-order valence-electron chi connectivity index (χ0n) is 19.9. The number of rotatable bonds is 6. The minimum Gasteiger partial charge on any atom is -0.507 e. The van der Waals surface area contributed by atoms with Gasteiger partial charge in [-0.05, 0) is 53.9 Å². The summed E-state index contributed by atoms with van der Waals surface area (Å²) in [4.78, 5) is 39.7. The zero-order valence-corrected chi connectivity index (χ0v) is 20.7. The molecule has 7 nitrogen and oxygen atoms in total. The number of aliphatic hydroxyl groups excluding tert-OH is 1. The first-order chi connectivity index (χ1) is 17.3. The van der Waals surface area contributed by atoms with Crippen molar-refractivity contribution in [3.8, 4) is 5.75 Å². The maximum absolute atomic E-state index is 13.4. The molecule has 184 valence electrons. The predicted molar refractivity (Wildman–Crippen MR) is 136 cm³/mol. The number of hydrogen-bond donors (Lipinski definition) is 1. The summed E-state index contributed by atoms with van der Waals surface area (Å²) >= 11 is 6.36. The summed E-state index contributed by atoms with van der Waals surface area (Å²) in [5.41, 5.74) is 2.74. The molecule has 1 saturated heterocycles. The number of halogens is 1. The minimum absolute atomic E-state index is 0.0746. The standard InChI is InChI=1S/C28H24ClNO6/c1-16-6-4-5-7-20(16)25-24(26(32)21-15-19(35-2)12-13-22(21)29)27(33)28(34)30(25)18-10-8-17(9-11-18)14-23(31)36-3/h4-13,15,25,32H,14H2,1-3H3/b26-24+. The molecule has 1 atom stereocenters. The van der Waals surface area contributed by atoms with Gasteiger partial charge >= 0.3 is 5.97 Å². The quantitative estimate of drug-likeness (QED) is 0.219. The fraction of sp³-hybridized carbons (Fsp3) is 0.179. The molecule has 3 aromatic carbocycles. The third-order valence-corrected chi connectivity index (χ3v) is 6.48. The van der Waals surface area contributed by atoms with Crippen LogP contribution in [0.15, 0.2) is 72.3 Å². The second-order valence-corrected chi connectivity index (χ2v) is 8.70. The Morgan fingerprint density at radius 1 is 1.03 bits per heavy atom. The minimum atomic E-state index is -0.903. The Kier molecular flexibility index (Phi) is 7.12. The van der Waals surface area contributed by atoms with Gasteiger partial charge in [0.05, 0.1) is 37.3 Å². The van der Waals surface area contributed by atoms with Crippen LogP contribution in [0, 0.1) is 6.92 Å². The molecule has 0 aliphatic carbocycles. The van der Waals surface area contributed by atoms with Crippen molar-refractivity contribution in [1.29, 1.82) is 0 Å². The van der Waals surface area contributed by atoms with Crippen molar-refractivity contribution in [2.45, 2.75) is 19.4 Å². The second-order valence-electron chi connectivity index (χ2n) is 8.29. The molecule has 0 bridgehead atoms. The van der Waals surface area contributed by atoms with Crippen molar-refractivity contribution in [1.82, 2.24) is 0 Å². The molecule has 36 heavy (non-hydrogen) atoms. The summed E-state index contributed by atoms with van der Waals surface area (Å²) < 4.78 is 9.96. The highest BCUT2D eigenvalue weighted by Crippen LogP contribution is 2.44. The van der Waals surface area contributed by atoms with Crippen LogP contribution < -0.4 is 9.64 Å². The first-order valence-electron chi connectivity index (χ1n) is 11.1. The molecule has 1 unspecified atom stereocenters. The van der Waals surface area contributed by atoms with Gasteiger partial charge in [-0.3, -0.25) is 19.3 Å². The lowest BCUT2D eigenvalue weighted by molar-refractivity contribution is -0.139. The van der Waals surface area contributed by atoms with Gasteiger partial charge in [-0.2, -0.15) is 0 Å². The van der Waals surface area contributed by atoms with Crippen LogP contribution >= 0.6 is 11.6 Å². The van der Waals surface area contributed by atoms with Crippen LogP contribution in [-0.4, -0.2) is 37.0 Å². The third-order valence-electron chi connectivity index (χ3n) is 6.15. The number of ketones is 1. The molecule has 8 heteroatoms. The number of aryl methyl sites for hydroxylation is 1. The normalized spacial score (nSPS) is 16.8. The SMILES string of the molecule is COC(=O)Cc1ccc(N2C(=O)C(=O)/C(=C(/O)c3cc(OC)ccc3Cl)C2c2ccccc2C)cc1. The van der Waals surface area contributed by atoms with Gasteiger partial charge in [-0.15, -0.1) is 0 Å². The van der Waals surface area contributed by atoms with Gasteiger partial charge in [0.15, 0.2) is 0 Å². The molecule has 1 fully saturated rings. The number of carbonyl (C=O) groups excluding carboxylic acids is 3. The molecule has 4 rings (SSSR count). The lowest BCUT2D eigenvalue weighted by Crippen LogP contribution is -2.29. The lowest BCUT2D eigenvalue weighted by Gasteiger charge is -2.27. The number of carbonyl (C=O) groups is 3. The van der Waals surface area contributed by atoms with Gasteiger partial charge in [0, 0.05) is 11.3 Å². The van der Waals surface area contributed by atoms with Crippen LogP contribution in [0.2, 0.25) is 5.02 Å². The summed E-state index contributed by atoms with van der Waals surface area (Å²) in [5, 5.41) is 11.6. The van der Waals surface area contributed by atoms with E-state index in [0.29, 0.717) is 22.6 Å². The number of methoxy groups -OCH3 is 2. The first kappa shape index (κ1) is 25.0. The topological polar surface area (TPSA) is 93.1 Å². The fourth-order valence-electron chi connectivity index (χ4n) is 4.26. The first-order valence-corrected chi connectivity index (χ1v) is 11.5. The van der Waals surface area contributed by atoms with E-state index in [1.54, 1.807) is 42.5 Å². The highest BCUT2D eigenvalue weighted by molar-refractivity contribution is 6.52. The molecule has 1 heterocycles. The number of esters is 1. The average Bonchev–Trinajstić information content (AvgIpc) is 3.14. The molecule has 0 aromatic heterocycles. The monoisotopic (exact) mass is 505 g/mol. The number of anilines is 1. The van der Waals surface area contributed by atoms with Crippen molar-refractivity contribution < 1.29 is 29.0 Å². The molecule has 1 amide bonds. The van der Waals surface area contributed by atoms with Gasteiger partial charge in [0.25, 0.3) is 11.7 Å². The van der Waals surface area contributed by atoms with Crippen molar-refractivity contribution >= 4 is 40.7 Å². The fourth-order valence-corrected chi connectivity index (χ4v) is 4.46. The Balaban J connectivity index is 1.90. The number of nitrogens with zero attached hydrogens (tertiary/aromatic N) is 1. The van der Waals surface area contributed by atoms with Crippen molar-refractivity contribution in [3.63, 3.8) is 0 Å². The smallest absolute Gasteiger partial charge is 0.309 e. The van der Waals surface area contributed by atoms with E-state index < -0.39 is 29.5 Å². The number of ether oxygens (including phenoxy) is 2. The van der Waals surface area contributed by atoms with Crippen LogP contribution in [0.3, 0.4) is 0 Å². The molecular formula is C28H24ClNO6. The molecule has 0 saturated carbocycles. The van der Waals surface area contributed by atoms with Crippen LogP contribution in [0.4, 0.5) is 5.69 Å². The van der Waals surface area contributed by atoms with Crippen LogP contribution in [0.5, 0.6) is 5.75 Å². The highest BCUT2D eigenvalue weighted by Gasteiger charge is 2.47. The van der Waals surface area contributed by atoms with Gasteiger partial charge in [-0.1, -0.05) is 48.0 Å². The Morgan fingerprint density at radius 2 is 1.72 bits per heavy atom. The largest absolute Gasteiger partial charge is 0.507 e. The van der Waals surface area contributed by atoms with E-state index in [4.69, 9.17) is 21.1 Å². The molecule has 1 aliphatic heterocycles. The van der Waals surface area contributed by atoms with E-state index in [9.17, 15) is 19.5 Å². The van der Waals surface area contributed by atoms with Crippen molar-refractivity contribution in [2.75, 3.05) is 19.1 Å². The number of Topliss-reactive ketones (excluding diaryl/α,β-unsaturated/α-hetero) is 1. The van der Waals surface area contributed by atoms with E-state index in [1.165, 1.54) is 25.2 Å². The lowest BCUT2D eigenvalue weighted by atomic mass is 9.92. The maximum Gasteiger partial charge on any atom is 0.309 e. The number of hydrogen-bond acceptors (Lipinski definition) is 6. The highest BCUT2D eigenvalue weighted by atomic mass is 35.5. The summed E-state index contributed by atoms with van der Waals surface area (Å²) in [6, 6.07) is 17.8. The second kappa shape index (κ2) is 10.3. The molecule has 1 aliphatic rings. The van der Waals surface area contributed by atoms with Gasteiger partial charge in [0.2, 0.25) is 0 Å². The van der Waals surface area contributed by atoms with Gasteiger partial charge in [-0.25, -0.2) is 0 Å². The maximum atomic E-state index is 13.4. The zero-order chi connectivity index (χ0) is 26.0. The van der Waals surface area contributed by atoms with Crippen molar-refractivity contribution in [3.05, 3.63) is 99.6 Å². The third kappa shape index (κ3) is 4.57. The van der Waals surface area contributed by atoms with E-state index >= 15 is 0 Å². The van der Waals surface area contributed by atoms with Crippen LogP contribution in [0.25, 0.3) is 5.76 Å². The Hall–Kier alpha value is -4.10. The van der Waals surface area contributed by atoms with Gasteiger partial charge < -0.3 is 14.6 Å². The molecular weight excluding hydrogens is 482 g/mol. The Morgan fingerprint density at radius 3 is 2.36 bits per heavy atom. The molecule has 3 aromatic rings. The Labute approximate surface area is 213 Å². The van der Waals surface area contributed by atoms with Crippen LogP contribution in [0.1, 0.15) is 28.3 Å². The van der Waals surface area contributed by atoms with Crippen LogP contribution in [-0.2, 0) is 25.5 Å². The Bertz CT molecular complexity index is 1380. The summed E-state index contributed by atoms with van der Waals surface area (Å²) in [7, 11) is 2.79. The van der Waals surface area contributed by atoms with Crippen molar-refractivity contribution in [2.24, 2.45) is 0 Å². The summed E-state index contributed by atoms with van der Waals surface area (Å²) in [5.74, 6) is -1.97. The summed E-state index contributed by atoms with van der Waals surface area (Å²) in [6.45, 7) is 1.87. The summed E-state index contributed by atoms with van der Waals surface area (Å²) in [6.07, 6.45) is 0.0746. The van der Waals surface area contributed by atoms with E-state index in [-0.39, 0.29) is 22.6 Å². The van der Waals surface area contributed by atoms with Gasteiger partial charge in [0.1, 0.15) is 11.5 Å². The molecule has 1 N–H and O–H groups in total. The van der Waals surface area contributed by atoms with E-state index in [2.05, 4.69) is 0 Å². The predicted octanol–water partition coefficient (Wildman–Crippen LogP) is 5.00. The van der Waals surface area contributed by atoms with E-state index in [1.807, 2.05) is 25.1 Å². The number of amides is 1. The molecule has 0 spiro atoms. The molecule has 0 radical (unpaired) electrons. The number of aliphatic hydroxyl groups is 1. The average molecular weight is 506 g/mol. The number of benzene rings is 3.